The first-order valence-electron chi connectivity index (χ1n) is 6.82. The number of unbranched alkanes of at least 4 members (excludes halogenated alkanes) is 2. The number of halogens is 1. The van der Waals surface area contributed by atoms with E-state index < -0.39 is 0 Å². The summed E-state index contributed by atoms with van der Waals surface area (Å²) in [7, 11) is 0. The number of nitrogen functional groups attached to an aromatic ring is 1. The SMILES string of the molecule is CCCCCN(Cc1ccc(N)cc1F)C(C)C. The van der Waals surface area contributed by atoms with Gasteiger partial charge in [0.05, 0.1) is 0 Å². The van der Waals surface area contributed by atoms with Gasteiger partial charge in [-0.15, -0.1) is 0 Å². The Labute approximate surface area is 110 Å². The number of nitrogens with two attached hydrogens (primary N) is 1. The van der Waals surface area contributed by atoms with Gasteiger partial charge in [0.2, 0.25) is 0 Å². The highest BCUT2D eigenvalue weighted by Gasteiger charge is 2.12. The average molecular weight is 252 g/mol. The van der Waals surface area contributed by atoms with E-state index in [4.69, 9.17) is 5.73 Å². The van der Waals surface area contributed by atoms with Crippen LogP contribution >= 0.6 is 0 Å². The molecule has 0 aliphatic heterocycles. The van der Waals surface area contributed by atoms with Gasteiger partial charge >= 0.3 is 0 Å². The molecule has 0 saturated carbocycles. The van der Waals surface area contributed by atoms with Crippen LogP contribution in [0.25, 0.3) is 0 Å². The van der Waals surface area contributed by atoms with Crippen LogP contribution < -0.4 is 5.73 Å². The van der Waals surface area contributed by atoms with Gasteiger partial charge in [0.25, 0.3) is 0 Å². The summed E-state index contributed by atoms with van der Waals surface area (Å²) in [6.45, 7) is 8.18. The van der Waals surface area contributed by atoms with Gasteiger partial charge in [-0.1, -0.05) is 25.8 Å². The minimum Gasteiger partial charge on any atom is -0.399 e. The molecule has 0 atom stereocenters. The molecule has 0 fully saturated rings. The first-order chi connectivity index (χ1) is 8.54. The molecule has 0 bridgehead atoms. The Morgan fingerprint density at radius 3 is 2.56 bits per heavy atom. The number of rotatable bonds is 7. The topological polar surface area (TPSA) is 29.3 Å². The van der Waals surface area contributed by atoms with Crippen molar-refractivity contribution in [3.05, 3.63) is 29.6 Å². The summed E-state index contributed by atoms with van der Waals surface area (Å²) in [6, 6.07) is 5.39. The molecule has 0 saturated heterocycles. The van der Waals surface area contributed by atoms with Crippen LogP contribution in [0.3, 0.4) is 0 Å². The molecule has 0 heterocycles. The lowest BCUT2D eigenvalue weighted by atomic mass is 10.1. The first kappa shape index (κ1) is 15.0. The minimum absolute atomic E-state index is 0.198. The molecule has 0 aromatic heterocycles. The summed E-state index contributed by atoms with van der Waals surface area (Å²) in [5.41, 5.74) is 6.78. The minimum atomic E-state index is -0.198. The molecule has 0 aliphatic rings. The van der Waals surface area contributed by atoms with Crippen molar-refractivity contribution in [3.8, 4) is 0 Å². The second-order valence-electron chi connectivity index (χ2n) is 5.12. The molecule has 2 nitrogen and oxygen atoms in total. The third kappa shape index (κ3) is 4.65. The monoisotopic (exact) mass is 252 g/mol. The van der Waals surface area contributed by atoms with Crippen LogP contribution in [-0.2, 0) is 6.54 Å². The van der Waals surface area contributed by atoms with E-state index in [1.54, 1.807) is 12.1 Å². The van der Waals surface area contributed by atoms with Crippen LogP contribution in [0.4, 0.5) is 10.1 Å². The number of hydrogen-bond acceptors (Lipinski definition) is 2. The number of anilines is 1. The smallest absolute Gasteiger partial charge is 0.129 e. The van der Waals surface area contributed by atoms with Gasteiger partial charge in [-0.2, -0.15) is 0 Å². The van der Waals surface area contributed by atoms with Crippen molar-refractivity contribution in [2.45, 2.75) is 52.6 Å². The van der Waals surface area contributed by atoms with E-state index in [-0.39, 0.29) is 5.82 Å². The summed E-state index contributed by atoms with van der Waals surface area (Å²) < 4.78 is 13.8. The van der Waals surface area contributed by atoms with E-state index in [1.165, 1.54) is 25.3 Å². The molecule has 0 radical (unpaired) electrons. The molecule has 1 aromatic carbocycles. The van der Waals surface area contributed by atoms with Crippen LogP contribution in [-0.4, -0.2) is 17.5 Å². The summed E-state index contributed by atoms with van der Waals surface area (Å²) in [5, 5.41) is 0. The van der Waals surface area contributed by atoms with Crippen molar-refractivity contribution in [2.75, 3.05) is 12.3 Å². The van der Waals surface area contributed by atoms with E-state index in [0.29, 0.717) is 18.3 Å². The fourth-order valence-electron chi connectivity index (χ4n) is 2.00. The lowest BCUT2D eigenvalue weighted by Gasteiger charge is -2.26. The van der Waals surface area contributed by atoms with Gasteiger partial charge in [0.15, 0.2) is 0 Å². The molecule has 18 heavy (non-hydrogen) atoms. The van der Waals surface area contributed by atoms with Crippen LogP contribution in [0.1, 0.15) is 45.6 Å². The van der Waals surface area contributed by atoms with Crippen LogP contribution in [0.15, 0.2) is 18.2 Å². The van der Waals surface area contributed by atoms with Crippen LogP contribution in [0.2, 0.25) is 0 Å². The Bertz CT molecular complexity index is 364. The maximum atomic E-state index is 13.8. The normalized spacial score (nSPS) is 11.4. The third-order valence-corrected chi connectivity index (χ3v) is 3.23. The summed E-state index contributed by atoms with van der Waals surface area (Å²) in [4.78, 5) is 2.31. The van der Waals surface area contributed by atoms with Crippen molar-refractivity contribution in [1.29, 1.82) is 0 Å². The summed E-state index contributed by atoms with van der Waals surface area (Å²) >= 11 is 0. The third-order valence-electron chi connectivity index (χ3n) is 3.23. The Morgan fingerprint density at radius 2 is 2.00 bits per heavy atom. The summed E-state index contributed by atoms with van der Waals surface area (Å²) in [5.74, 6) is -0.198. The quantitative estimate of drug-likeness (QED) is 0.590. The second kappa shape index (κ2) is 7.37. The highest BCUT2D eigenvalue weighted by molar-refractivity contribution is 5.40. The molecule has 0 spiro atoms. The Balaban J connectivity index is 2.64. The van der Waals surface area contributed by atoms with Crippen molar-refractivity contribution in [3.63, 3.8) is 0 Å². The molecule has 2 N–H and O–H groups in total. The fraction of sp³-hybridized carbons (Fsp3) is 0.600. The molecule has 3 heteroatoms. The standard InChI is InChI=1S/C15H25FN2/c1-4-5-6-9-18(12(2)3)11-13-7-8-14(17)10-15(13)16/h7-8,10,12H,4-6,9,11,17H2,1-3H3. The molecule has 102 valence electrons. The molecule has 0 unspecified atom stereocenters. The van der Waals surface area contributed by atoms with Crippen molar-refractivity contribution in [1.82, 2.24) is 4.90 Å². The Hall–Kier alpha value is -1.09. The molecular weight excluding hydrogens is 227 g/mol. The maximum absolute atomic E-state index is 13.8. The van der Waals surface area contributed by atoms with Gasteiger partial charge < -0.3 is 5.73 Å². The van der Waals surface area contributed by atoms with Gasteiger partial charge in [-0.25, -0.2) is 4.39 Å². The second-order valence-corrected chi connectivity index (χ2v) is 5.12. The maximum Gasteiger partial charge on any atom is 0.129 e. The van der Waals surface area contributed by atoms with Crippen LogP contribution in [0, 0.1) is 5.82 Å². The van der Waals surface area contributed by atoms with E-state index in [0.717, 1.165) is 12.1 Å². The first-order valence-corrected chi connectivity index (χ1v) is 6.82. The molecule has 0 amide bonds. The van der Waals surface area contributed by atoms with E-state index in [9.17, 15) is 4.39 Å². The van der Waals surface area contributed by atoms with E-state index in [1.807, 2.05) is 0 Å². The molecule has 1 rings (SSSR count). The zero-order valence-corrected chi connectivity index (χ0v) is 11.7. The largest absolute Gasteiger partial charge is 0.399 e. The van der Waals surface area contributed by atoms with Gasteiger partial charge in [0, 0.05) is 23.8 Å². The zero-order chi connectivity index (χ0) is 13.5. The highest BCUT2D eigenvalue weighted by Crippen LogP contribution is 2.16. The Kier molecular flexibility index (Phi) is 6.13. The van der Waals surface area contributed by atoms with Gasteiger partial charge in [-0.3, -0.25) is 4.90 Å². The van der Waals surface area contributed by atoms with E-state index >= 15 is 0 Å². The molecule has 1 aromatic rings. The predicted molar refractivity (Wildman–Crippen MR) is 75.9 cm³/mol. The number of nitrogens with zero attached hydrogens (tertiary/aromatic N) is 1. The van der Waals surface area contributed by atoms with Crippen molar-refractivity contribution < 1.29 is 4.39 Å². The lowest BCUT2D eigenvalue weighted by molar-refractivity contribution is 0.206. The van der Waals surface area contributed by atoms with Gasteiger partial charge in [-0.05, 0) is 38.9 Å². The fourth-order valence-corrected chi connectivity index (χ4v) is 2.00. The van der Waals surface area contributed by atoms with Gasteiger partial charge in [0.1, 0.15) is 5.82 Å². The average Bonchev–Trinajstić information content (AvgIpc) is 2.30. The van der Waals surface area contributed by atoms with E-state index in [2.05, 4.69) is 25.7 Å². The Morgan fingerprint density at radius 1 is 1.28 bits per heavy atom. The zero-order valence-electron chi connectivity index (χ0n) is 11.7. The highest BCUT2D eigenvalue weighted by atomic mass is 19.1. The number of hydrogen-bond donors (Lipinski definition) is 1. The lowest BCUT2D eigenvalue weighted by Crippen LogP contribution is -2.31. The molecular formula is C15H25FN2. The van der Waals surface area contributed by atoms with Crippen molar-refractivity contribution in [2.24, 2.45) is 0 Å². The van der Waals surface area contributed by atoms with Crippen molar-refractivity contribution >= 4 is 5.69 Å². The predicted octanol–water partition coefficient (Wildman–Crippen LogP) is 3.81. The van der Waals surface area contributed by atoms with Crippen LogP contribution in [0.5, 0.6) is 0 Å². The number of benzene rings is 1. The molecule has 0 aliphatic carbocycles. The summed E-state index contributed by atoms with van der Waals surface area (Å²) in [6.07, 6.45) is 3.61.